The number of carbonyl (C=O) groups is 2. The van der Waals surface area contributed by atoms with E-state index in [4.69, 9.17) is 4.74 Å². The molecule has 27 heavy (non-hydrogen) atoms. The molecule has 0 aromatic rings. The number of hydrogen-bond donors (Lipinski definition) is 2. The summed E-state index contributed by atoms with van der Waals surface area (Å²) in [5.41, 5.74) is 0.115. The van der Waals surface area contributed by atoms with Gasteiger partial charge in [0.2, 0.25) is 11.8 Å². The van der Waals surface area contributed by atoms with Crippen molar-refractivity contribution in [3.05, 3.63) is 0 Å². The van der Waals surface area contributed by atoms with E-state index in [0.717, 1.165) is 58.8 Å². The molecular formula is C20H36N4O3. The van der Waals surface area contributed by atoms with Crippen LogP contribution in [0, 0.1) is 5.92 Å². The van der Waals surface area contributed by atoms with Gasteiger partial charge in [-0.25, -0.2) is 0 Å². The Bertz CT molecular complexity index is 493. The molecule has 1 aliphatic carbocycles. The predicted molar refractivity (Wildman–Crippen MR) is 104 cm³/mol. The van der Waals surface area contributed by atoms with Crippen molar-refractivity contribution in [2.75, 3.05) is 59.5 Å². The van der Waals surface area contributed by atoms with Gasteiger partial charge >= 0.3 is 0 Å². The number of likely N-dealkylation sites (tertiary alicyclic amines) is 1. The van der Waals surface area contributed by atoms with Gasteiger partial charge in [0, 0.05) is 38.1 Å². The van der Waals surface area contributed by atoms with Crippen molar-refractivity contribution in [3.8, 4) is 0 Å². The third kappa shape index (κ3) is 5.42. The average Bonchev–Trinajstić information content (AvgIpc) is 2.73. The zero-order chi connectivity index (χ0) is 19.1. The van der Waals surface area contributed by atoms with Gasteiger partial charge in [0.05, 0.1) is 19.8 Å². The Morgan fingerprint density at radius 3 is 2.33 bits per heavy atom. The van der Waals surface area contributed by atoms with Crippen LogP contribution in [0.15, 0.2) is 0 Å². The fourth-order valence-electron chi connectivity index (χ4n) is 4.93. The lowest BCUT2D eigenvalue weighted by Crippen LogP contribution is -2.60. The summed E-state index contributed by atoms with van der Waals surface area (Å²) in [6.07, 6.45) is 7.83. The number of carbonyl (C=O) groups excluding carboxylic acids is 2. The van der Waals surface area contributed by atoms with Gasteiger partial charge in [0.15, 0.2) is 0 Å². The molecule has 2 N–H and O–H groups in total. The summed E-state index contributed by atoms with van der Waals surface area (Å²) in [4.78, 5) is 29.0. The number of amides is 2. The van der Waals surface area contributed by atoms with E-state index in [0.29, 0.717) is 6.54 Å². The molecule has 0 atom stereocenters. The highest BCUT2D eigenvalue weighted by molar-refractivity contribution is 5.79. The molecule has 3 aliphatic rings. The maximum absolute atomic E-state index is 12.6. The summed E-state index contributed by atoms with van der Waals surface area (Å²) in [5.74, 6) is 0.344. The van der Waals surface area contributed by atoms with E-state index >= 15 is 0 Å². The van der Waals surface area contributed by atoms with Crippen LogP contribution in [0.5, 0.6) is 0 Å². The van der Waals surface area contributed by atoms with Crippen molar-refractivity contribution in [1.82, 2.24) is 20.4 Å². The highest BCUT2D eigenvalue weighted by atomic mass is 16.5. The molecule has 0 radical (unpaired) electrons. The number of rotatable bonds is 6. The molecule has 2 heterocycles. The van der Waals surface area contributed by atoms with Crippen molar-refractivity contribution in [2.45, 2.75) is 50.5 Å². The Morgan fingerprint density at radius 1 is 1.04 bits per heavy atom. The molecule has 3 rings (SSSR count). The van der Waals surface area contributed by atoms with Gasteiger partial charge in [-0.15, -0.1) is 0 Å². The van der Waals surface area contributed by atoms with Crippen LogP contribution in [0.2, 0.25) is 0 Å². The van der Waals surface area contributed by atoms with Crippen LogP contribution < -0.4 is 10.6 Å². The van der Waals surface area contributed by atoms with Crippen LogP contribution in [-0.2, 0) is 14.3 Å². The van der Waals surface area contributed by atoms with E-state index in [1.165, 1.54) is 32.1 Å². The molecule has 0 bridgehead atoms. The molecule has 2 saturated heterocycles. The van der Waals surface area contributed by atoms with Crippen LogP contribution in [0.25, 0.3) is 0 Å². The van der Waals surface area contributed by atoms with Crippen molar-refractivity contribution in [2.24, 2.45) is 5.92 Å². The largest absolute Gasteiger partial charge is 0.379 e. The van der Waals surface area contributed by atoms with Crippen molar-refractivity contribution < 1.29 is 14.3 Å². The first-order valence-electron chi connectivity index (χ1n) is 10.7. The molecule has 154 valence electrons. The number of nitrogens with zero attached hydrogens (tertiary/aromatic N) is 2. The first kappa shape index (κ1) is 20.6. The molecule has 0 aromatic carbocycles. The normalized spacial score (nSPS) is 25.1. The third-order valence-electron chi connectivity index (χ3n) is 6.65. The summed E-state index contributed by atoms with van der Waals surface area (Å²) < 4.78 is 5.53. The van der Waals surface area contributed by atoms with E-state index < -0.39 is 0 Å². The zero-order valence-electron chi connectivity index (χ0n) is 16.8. The molecule has 7 nitrogen and oxygen atoms in total. The van der Waals surface area contributed by atoms with Gasteiger partial charge in [-0.1, -0.05) is 19.3 Å². The summed E-state index contributed by atoms with van der Waals surface area (Å²) in [6.45, 7) is 6.39. The Morgan fingerprint density at radius 2 is 1.70 bits per heavy atom. The monoisotopic (exact) mass is 380 g/mol. The molecule has 2 amide bonds. The van der Waals surface area contributed by atoms with E-state index in [1.807, 2.05) is 0 Å². The molecule has 3 fully saturated rings. The Hall–Kier alpha value is -1.18. The summed E-state index contributed by atoms with van der Waals surface area (Å²) in [5, 5.41) is 5.97. The number of morpholine rings is 1. The standard InChI is InChI=1S/C20H36N4O3/c1-21-19(26)17-5-9-23(10-6-17)15-18(25)22-16-20(7-3-2-4-8-20)24-11-13-27-14-12-24/h17H,2-16H2,1H3,(H,21,26)(H,22,25). The van der Waals surface area contributed by atoms with E-state index in [2.05, 4.69) is 20.4 Å². The number of piperidine rings is 1. The van der Waals surface area contributed by atoms with Gasteiger partial charge in [0.1, 0.15) is 0 Å². The summed E-state index contributed by atoms with van der Waals surface area (Å²) >= 11 is 0. The second-order valence-electron chi connectivity index (χ2n) is 8.33. The number of nitrogens with one attached hydrogen (secondary N) is 2. The quantitative estimate of drug-likeness (QED) is 0.706. The highest BCUT2D eigenvalue weighted by Crippen LogP contribution is 2.33. The lowest BCUT2D eigenvalue weighted by molar-refractivity contribution is -0.126. The minimum absolute atomic E-state index is 0.0983. The first-order valence-corrected chi connectivity index (χ1v) is 10.7. The molecule has 1 saturated carbocycles. The lowest BCUT2D eigenvalue weighted by Gasteiger charge is -2.48. The Labute approximate surface area is 163 Å². The van der Waals surface area contributed by atoms with Crippen LogP contribution in [0.4, 0.5) is 0 Å². The highest BCUT2D eigenvalue weighted by Gasteiger charge is 2.39. The van der Waals surface area contributed by atoms with Gasteiger partial charge < -0.3 is 15.4 Å². The molecule has 7 heteroatoms. The molecule has 0 unspecified atom stereocenters. The second-order valence-corrected chi connectivity index (χ2v) is 8.33. The number of hydrogen-bond acceptors (Lipinski definition) is 5. The Balaban J connectivity index is 1.46. The van der Waals surface area contributed by atoms with Gasteiger partial charge in [-0.05, 0) is 38.8 Å². The van der Waals surface area contributed by atoms with Crippen molar-refractivity contribution in [3.63, 3.8) is 0 Å². The Kier molecular flexibility index (Phi) is 7.49. The lowest BCUT2D eigenvalue weighted by atomic mass is 9.79. The average molecular weight is 381 g/mol. The minimum atomic E-state index is 0.0983. The first-order chi connectivity index (χ1) is 13.1. The number of ether oxygens (including phenoxy) is 1. The fourth-order valence-corrected chi connectivity index (χ4v) is 4.93. The topological polar surface area (TPSA) is 73.9 Å². The van der Waals surface area contributed by atoms with Crippen LogP contribution >= 0.6 is 0 Å². The van der Waals surface area contributed by atoms with Gasteiger partial charge in [0.25, 0.3) is 0 Å². The molecule has 2 aliphatic heterocycles. The van der Waals surface area contributed by atoms with Crippen LogP contribution in [0.1, 0.15) is 44.9 Å². The molecular weight excluding hydrogens is 344 g/mol. The van der Waals surface area contributed by atoms with Gasteiger partial charge in [-0.2, -0.15) is 0 Å². The van der Waals surface area contributed by atoms with E-state index in [1.54, 1.807) is 7.05 Å². The summed E-state index contributed by atoms with van der Waals surface area (Å²) in [6, 6.07) is 0. The maximum atomic E-state index is 12.6. The smallest absolute Gasteiger partial charge is 0.234 e. The van der Waals surface area contributed by atoms with Crippen LogP contribution in [0.3, 0.4) is 0 Å². The van der Waals surface area contributed by atoms with E-state index in [9.17, 15) is 9.59 Å². The maximum Gasteiger partial charge on any atom is 0.234 e. The van der Waals surface area contributed by atoms with Gasteiger partial charge in [-0.3, -0.25) is 19.4 Å². The molecule has 0 spiro atoms. The fraction of sp³-hybridized carbons (Fsp3) is 0.900. The summed E-state index contributed by atoms with van der Waals surface area (Å²) in [7, 11) is 1.69. The predicted octanol–water partition coefficient (Wildman–Crippen LogP) is 0.596. The van der Waals surface area contributed by atoms with E-state index in [-0.39, 0.29) is 23.3 Å². The second kappa shape index (κ2) is 9.85. The molecule has 0 aromatic heterocycles. The van der Waals surface area contributed by atoms with Crippen LogP contribution in [-0.4, -0.2) is 86.7 Å². The van der Waals surface area contributed by atoms with Crippen molar-refractivity contribution >= 4 is 11.8 Å². The van der Waals surface area contributed by atoms with Crippen molar-refractivity contribution in [1.29, 1.82) is 0 Å². The zero-order valence-corrected chi connectivity index (χ0v) is 16.8. The minimum Gasteiger partial charge on any atom is -0.379 e. The third-order valence-corrected chi connectivity index (χ3v) is 6.65. The SMILES string of the molecule is CNC(=O)C1CCN(CC(=O)NCC2(N3CCOCC3)CCCCC2)CC1.